The van der Waals surface area contributed by atoms with Gasteiger partial charge < -0.3 is 30.4 Å². The van der Waals surface area contributed by atoms with Crippen LogP contribution in [-0.2, 0) is 24.4 Å². The van der Waals surface area contributed by atoms with Crippen LogP contribution in [0, 0.1) is 10.1 Å². The molecule has 5 N–H and O–H groups in total. The van der Waals surface area contributed by atoms with Gasteiger partial charge in [0.1, 0.15) is 5.69 Å². The van der Waals surface area contributed by atoms with Crippen molar-refractivity contribution in [2.45, 2.75) is 79.3 Å². The molecule has 0 spiro atoms. The maximum Gasteiger partial charge on any atom is 0.490 e. The number of carbonyl (C=O) groups excluding carboxylic acids is 1. The topological polar surface area (TPSA) is 240 Å². The first-order valence-electron chi connectivity index (χ1n) is 23.7. The second-order valence-corrected chi connectivity index (χ2v) is 20.9. The van der Waals surface area contributed by atoms with Crippen LogP contribution in [0.5, 0.6) is 0 Å². The number of rotatable bonds is 16. The van der Waals surface area contributed by atoms with Gasteiger partial charge in [-0.1, -0.05) is 60.3 Å². The lowest BCUT2D eigenvalue weighted by atomic mass is 9.88. The molecule has 29 heteroatoms. The first-order chi connectivity index (χ1) is 36.8. The van der Waals surface area contributed by atoms with Crippen molar-refractivity contribution in [3.63, 3.8) is 0 Å². The number of carboxylic acid groups (broad SMARTS) is 3. The molecule has 17 nitrogen and oxygen atoms in total. The molecule has 0 bridgehead atoms. The summed E-state index contributed by atoms with van der Waals surface area (Å²) < 4.78 is 124. The summed E-state index contributed by atoms with van der Waals surface area (Å²) in [5.41, 5.74) is 5.22. The number of amides is 1. The number of thioether (sulfide) groups is 1. The highest BCUT2D eigenvalue weighted by Crippen LogP contribution is 2.33. The van der Waals surface area contributed by atoms with Gasteiger partial charge in [0.05, 0.1) is 9.82 Å². The average molecular weight is 1190 g/mol. The zero-order chi connectivity index (χ0) is 59.3. The Kier molecular flexibility index (Phi) is 25.9. The summed E-state index contributed by atoms with van der Waals surface area (Å²) in [6.45, 7) is 5.17. The number of hydrogen-bond acceptors (Lipinski definition) is 13. The minimum atomic E-state index is -5.08. The summed E-state index contributed by atoms with van der Waals surface area (Å²) >= 11 is 7.84. The second kappa shape index (κ2) is 30.7. The maximum absolute atomic E-state index is 13.4. The Labute approximate surface area is 457 Å². The van der Waals surface area contributed by atoms with Crippen molar-refractivity contribution >= 4 is 79.8 Å². The van der Waals surface area contributed by atoms with Crippen LogP contribution in [-0.4, -0.2) is 146 Å². The van der Waals surface area contributed by atoms with Crippen molar-refractivity contribution in [3.8, 4) is 0 Å². The van der Waals surface area contributed by atoms with E-state index in [-0.39, 0.29) is 27.9 Å². The van der Waals surface area contributed by atoms with E-state index in [9.17, 15) is 62.8 Å². The fraction of sp³-hybridized carbons (Fsp3) is 0.400. The Bertz CT molecular complexity index is 2750. The van der Waals surface area contributed by atoms with Gasteiger partial charge in [-0.3, -0.25) is 19.8 Å². The van der Waals surface area contributed by atoms with Crippen LogP contribution in [0.15, 0.2) is 112 Å². The summed E-state index contributed by atoms with van der Waals surface area (Å²) in [5.74, 6) is -8.44. The van der Waals surface area contributed by atoms with E-state index in [2.05, 4.69) is 32.0 Å². The number of benzene rings is 4. The van der Waals surface area contributed by atoms with Crippen molar-refractivity contribution in [3.05, 3.63) is 129 Å². The van der Waals surface area contributed by atoms with Crippen LogP contribution < -0.4 is 14.9 Å². The van der Waals surface area contributed by atoms with Crippen LogP contribution in [0.25, 0.3) is 5.57 Å². The monoisotopic (exact) mass is 1190 g/mol. The minimum Gasteiger partial charge on any atom is -0.475 e. The molecule has 1 aliphatic heterocycles. The van der Waals surface area contributed by atoms with Gasteiger partial charge in [0.15, 0.2) is 0 Å². The molecule has 434 valence electrons. The fourth-order valence-corrected chi connectivity index (χ4v) is 9.60. The predicted molar refractivity (Wildman–Crippen MR) is 278 cm³/mol. The van der Waals surface area contributed by atoms with Gasteiger partial charge >= 0.3 is 36.4 Å². The Hall–Kier alpha value is -6.62. The Morgan fingerprint density at radius 1 is 0.747 bits per heavy atom. The Morgan fingerprint density at radius 2 is 1.27 bits per heavy atom. The van der Waals surface area contributed by atoms with Gasteiger partial charge in [-0.05, 0) is 125 Å². The van der Waals surface area contributed by atoms with E-state index in [0.717, 1.165) is 73.8 Å². The third-order valence-corrected chi connectivity index (χ3v) is 14.2. The Balaban J connectivity index is 0.000000658. The number of nitrogens with one attached hydrogen (secondary N) is 2. The van der Waals surface area contributed by atoms with E-state index >= 15 is 0 Å². The minimum absolute atomic E-state index is 0.136. The number of aliphatic carboxylic acids is 3. The number of nitrogens with zero attached hydrogens (tertiary/aromatic N) is 4. The average Bonchev–Trinajstić information content (AvgIpc) is 3.36. The van der Waals surface area contributed by atoms with Crippen LogP contribution in [0.3, 0.4) is 0 Å². The number of sulfonamides is 1. The molecule has 4 aromatic rings. The number of allylic oxidation sites excluding steroid dienone is 1. The molecule has 0 saturated carbocycles. The molecule has 1 atom stereocenters. The third kappa shape index (κ3) is 23.7. The molecule has 1 heterocycles. The summed E-state index contributed by atoms with van der Waals surface area (Å²) in [6, 6.07) is 28.6. The van der Waals surface area contributed by atoms with Gasteiger partial charge in [-0.15, -0.1) is 11.8 Å². The van der Waals surface area contributed by atoms with Crippen LogP contribution in [0.4, 0.5) is 56.6 Å². The second-order valence-electron chi connectivity index (χ2n) is 17.6. The van der Waals surface area contributed by atoms with Crippen LogP contribution in [0.2, 0.25) is 5.02 Å². The van der Waals surface area contributed by atoms with Crippen molar-refractivity contribution in [1.82, 2.24) is 14.5 Å². The summed E-state index contributed by atoms with van der Waals surface area (Å²) in [7, 11) is -0.495. The molecule has 6 rings (SSSR count). The van der Waals surface area contributed by atoms with Crippen molar-refractivity contribution in [2.75, 3.05) is 69.3 Å². The molecule has 1 aliphatic carbocycles. The van der Waals surface area contributed by atoms with Crippen LogP contribution in [0.1, 0.15) is 60.9 Å². The summed E-state index contributed by atoms with van der Waals surface area (Å²) in [4.78, 5) is 59.1. The number of halogens is 10. The first-order valence-corrected chi connectivity index (χ1v) is 26.5. The molecule has 1 fully saturated rings. The van der Waals surface area contributed by atoms with Crippen molar-refractivity contribution < 1.29 is 87.4 Å². The smallest absolute Gasteiger partial charge is 0.475 e. The number of hydrogen-bond donors (Lipinski definition) is 5. The van der Waals surface area contributed by atoms with Gasteiger partial charge in [0, 0.05) is 71.8 Å². The number of alkyl halides is 9. The van der Waals surface area contributed by atoms with E-state index in [4.69, 9.17) is 41.3 Å². The highest BCUT2D eigenvalue weighted by molar-refractivity contribution is 7.99. The number of nitro groups is 1. The lowest BCUT2D eigenvalue weighted by Gasteiger charge is -2.37. The lowest BCUT2D eigenvalue weighted by molar-refractivity contribution is -0.384. The molecule has 2 aliphatic rings. The summed E-state index contributed by atoms with van der Waals surface area (Å²) in [5, 5.41) is 37.6. The van der Waals surface area contributed by atoms with Gasteiger partial charge in [0.2, 0.25) is 0 Å². The molecule has 1 saturated heterocycles. The van der Waals surface area contributed by atoms with E-state index in [1.807, 2.05) is 73.6 Å². The van der Waals surface area contributed by atoms with Gasteiger partial charge in [0.25, 0.3) is 21.6 Å². The zero-order valence-electron chi connectivity index (χ0n) is 42.2. The molecule has 79 heavy (non-hydrogen) atoms. The summed E-state index contributed by atoms with van der Waals surface area (Å²) in [6.07, 6.45) is -7.38. The maximum atomic E-state index is 13.4. The molecular formula is C50H56ClF9N6O11S2. The lowest BCUT2D eigenvalue weighted by Crippen LogP contribution is -2.47. The van der Waals surface area contributed by atoms with E-state index in [1.165, 1.54) is 54.5 Å². The molecule has 0 radical (unpaired) electrons. The third-order valence-electron chi connectivity index (χ3n) is 11.5. The van der Waals surface area contributed by atoms with Crippen LogP contribution >= 0.6 is 23.4 Å². The van der Waals surface area contributed by atoms with E-state index in [1.54, 1.807) is 23.9 Å². The standard InChI is InChI=1S/C44H53ClN6O5S2.3C2HF3O2/c1-48(2)25-24-37(32-57-39-11-7-5-8-12-39)46-42-23-22-40(30-43(42)51(53)54)58(55,56)47-44(52)34-16-20-38(21-17-34)50-28-26-49(27-29-50)31-35-10-6-3-4-9-13-41(35)33-14-18-36(45)19-15-33;3*3-2(4,5)1(6)7/h5,7-8,11-12,14-23,30,37,46H,3-4,6,9-10,13,24-29,31-32H2,1-2H3,(H,47,52);3*(H,6,7)/b41-35-;;;/t37-;;;/m1.../s1. The van der Waals surface area contributed by atoms with Gasteiger partial charge in [-0.2, -0.15) is 39.5 Å². The largest absolute Gasteiger partial charge is 0.490 e. The van der Waals surface area contributed by atoms with Gasteiger partial charge in [-0.25, -0.2) is 27.5 Å². The quantitative estimate of drug-likeness (QED) is 0.0303. The predicted octanol–water partition coefficient (Wildman–Crippen LogP) is 10.7. The fourth-order valence-electron chi connectivity index (χ4n) is 7.49. The van der Waals surface area contributed by atoms with Crippen molar-refractivity contribution in [2.24, 2.45) is 0 Å². The highest BCUT2D eigenvalue weighted by atomic mass is 35.5. The molecule has 4 aromatic carbocycles. The number of anilines is 2. The molecule has 0 unspecified atom stereocenters. The van der Waals surface area contributed by atoms with E-state index in [0.29, 0.717) is 12.2 Å². The zero-order valence-corrected chi connectivity index (χ0v) is 44.6. The molecule has 1 amide bonds. The number of piperazine rings is 1. The van der Waals surface area contributed by atoms with Crippen molar-refractivity contribution in [1.29, 1.82) is 0 Å². The number of nitro benzene ring substituents is 1. The SMILES string of the molecule is CN(C)CC[C@H](CSc1ccccc1)Nc1ccc(S(=O)(=O)NC(=O)c2ccc(N3CCN(C/C4=C(\c5ccc(Cl)cc5)CCCCCC4)CC3)cc2)cc1[N+](=O)[O-].O=C(O)C(F)(F)F.O=C(O)C(F)(F)F.O=C(O)C(F)(F)F. The Morgan fingerprint density at radius 3 is 1.76 bits per heavy atom. The first kappa shape index (κ1) is 66.7. The molecule has 0 aromatic heterocycles. The number of carbonyl (C=O) groups is 4. The van der Waals surface area contributed by atoms with E-state index < -0.39 is 57.3 Å². The number of carboxylic acids is 3. The molecular weight excluding hydrogens is 1130 g/mol. The normalized spacial score (nSPS) is 15.7. The highest BCUT2D eigenvalue weighted by Gasteiger charge is 2.39.